The van der Waals surface area contributed by atoms with Gasteiger partial charge in [-0.3, -0.25) is 0 Å². The maximum Gasteiger partial charge on any atom is 0.130 e. The van der Waals surface area contributed by atoms with E-state index >= 15 is 0 Å². The molecule has 5 heteroatoms. The Balaban J connectivity index is 2.32. The van der Waals surface area contributed by atoms with Gasteiger partial charge in [-0.05, 0) is 19.1 Å². The van der Waals surface area contributed by atoms with Gasteiger partial charge in [0.1, 0.15) is 11.6 Å². The molecule has 0 atom stereocenters. The molecule has 0 radical (unpaired) electrons. The van der Waals surface area contributed by atoms with Crippen LogP contribution in [-0.4, -0.2) is 23.1 Å². The molecule has 0 bridgehead atoms. The molecule has 0 amide bonds. The molecule has 2 aromatic rings. The number of rotatable bonds is 4. The molecule has 0 aliphatic carbocycles. The maximum absolute atomic E-state index is 5.87. The van der Waals surface area contributed by atoms with Gasteiger partial charge in [0.2, 0.25) is 0 Å². The van der Waals surface area contributed by atoms with Crippen LogP contribution in [-0.2, 0) is 0 Å². The molecule has 0 saturated carbocycles. The lowest BCUT2D eigenvalue weighted by Crippen LogP contribution is -2.14. The van der Waals surface area contributed by atoms with Gasteiger partial charge in [-0.15, -0.1) is 0 Å². The Morgan fingerprint density at radius 2 is 1.94 bits per heavy atom. The SMILES string of the molecule is Cc1nc(NCCN)cc(-c2ccc(Cl)cc2)n1. The van der Waals surface area contributed by atoms with Crippen LogP contribution in [0.3, 0.4) is 0 Å². The van der Waals surface area contributed by atoms with Crippen LogP contribution in [0.4, 0.5) is 5.82 Å². The number of hydrogen-bond acceptors (Lipinski definition) is 4. The van der Waals surface area contributed by atoms with E-state index in [1.165, 1.54) is 0 Å². The average Bonchev–Trinajstić information content (AvgIpc) is 2.36. The van der Waals surface area contributed by atoms with E-state index in [1.54, 1.807) is 0 Å². The highest BCUT2D eigenvalue weighted by atomic mass is 35.5. The molecule has 3 N–H and O–H groups in total. The smallest absolute Gasteiger partial charge is 0.130 e. The Morgan fingerprint density at radius 1 is 1.22 bits per heavy atom. The van der Waals surface area contributed by atoms with Crippen LogP contribution in [0, 0.1) is 6.92 Å². The van der Waals surface area contributed by atoms with Gasteiger partial charge in [0, 0.05) is 29.7 Å². The van der Waals surface area contributed by atoms with Crippen molar-refractivity contribution in [3.8, 4) is 11.3 Å². The first-order chi connectivity index (χ1) is 8.69. The summed E-state index contributed by atoms with van der Waals surface area (Å²) in [6.45, 7) is 3.13. The van der Waals surface area contributed by atoms with Crippen molar-refractivity contribution in [1.29, 1.82) is 0 Å². The number of nitrogens with one attached hydrogen (secondary N) is 1. The number of hydrogen-bond donors (Lipinski definition) is 2. The van der Waals surface area contributed by atoms with Crippen molar-refractivity contribution in [3.63, 3.8) is 0 Å². The number of aryl methyl sites for hydroxylation is 1. The van der Waals surface area contributed by atoms with Crippen LogP contribution in [0.15, 0.2) is 30.3 Å². The molecule has 0 saturated heterocycles. The van der Waals surface area contributed by atoms with Crippen LogP contribution >= 0.6 is 11.6 Å². The Labute approximate surface area is 111 Å². The number of aromatic nitrogens is 2. The highest BCUT2D eigenvalue weighted by Gasteiger charge is 2.04. The second kappa shape index (κ2) is 5.80. The fourth-order valence-corrected chi connectivity index (χ4v) is 1.75. The van der Waals surface area contributed by atoms with Crippen LogP contribution in [0.2, 0.25) is 5.02 Å². The van der Waals surface area contributed by atoms with E-state index in [1.807, 2.05) is 37.3 Å². The minimum atomic E-state index is 0.569. The molecule has 4 nitrogen and oxygen atoms in total. The van der Waals surface area contributed by atoms with Crippen LogP contribution in [0.5, 0.6) is 0 Å². The number of benzene rings is 1. The van der Waals surface area contributed by atoms with Crippen LogP contribution in [0.25, 0.3) is 11.3 Å². The lowest BCUT2D eigenvalue weighted by Gasteiger charge is -2.08. The molecular formula is C13H15ClN4. The van der Waals surface area contributed by atoms with Crippen molar-refractivity contribution in [2.75, 3.05) is 18.4 Å². The molecule has 0 unspecified atom stereocenters. The normalized spacial score (nSPS) is 10.4. The molecular weight excluding hydrogens is 248 g/mol. The van der Waals surface area contributed by atoms with Gasteiger partial charge in [0.25, 0.3) is 0 Å². The molecule has 1 aromatic heterocycles. The zero-order valence-corrected chi connectivity index (χ0v) is 10.9. The molecule has 18 heavy (non-hydrogen) atoms. The number of nitrogens with zero attached hydrogens (tertiary/aromatic N) is 2. The van der Waals surface area contributed by atoms with E-state index in [9.17, 15) is 0 Å². The standard InChI is InChI=1S/C13H15ClN4/c1-9-17-12(8-13(18-9)16-7-6-15)10-2-4-11(14)5-3-10/h2-5,8H,6-7,15H2,1H3,(H,16,17,18). The van der Waals surface area contributed by atoms with Gasteiger partial charge < -0.3 is 11.1 Å². The molecule has 94 valence electrons. The summed E-state index contributed by atoms with van der Waals surface area (Å²) in [6, 6.07) is 9.49. The summed E-state index contributed by atoms with van der Waals surface area (Å²) in [5, 5.41) is 3.87. The fraction of sp³-hybridized carbons (Fsp3) is 0.231. The molecule has 0 aliphatic rings. The van der Waals surface area contributed by atoms with Crippen LogP contribution < -0.4 is 11.1 Å². The topological polar surface area (TPSA) is 63.8 Å². The third-order valence-electron chi connectivity index (χ3n) is 2.43. The summed E-state index contributed by atoms with van der Waals surface area (Å²) in [5.74, 6) is 1.51. The number of halogens is 1. The van der Waals surface area contributed by atoms with Gasteiger partial charge in [0.05, 0.1) is 5.69 Å². The predicted molar refractivity (Wildman–Crippen MR) is 74.8 cm³/mol. The van der Waals surface area contributed by atoms with Gasteiger partial charge in [-0.2, -0.15) is 0 Å². The zero-order chi connectivity index (χ0) is 13.0. The van der Waals surface area contributed by atoms with E-state index in [4.69, 9.17) is 17.3 Å². The van der Waals surface area contributed by atoms with E-state index in [-0.39, 0.29) is 0 Å². The van der Waals surface area contributed by atoms with E-state index in [0.717, 1.165) is 22.9 Å². The van der Waals surface area contributed by atoms with Crippen molar-refractivity contribution in [1.82, 2.24) is 9.97 Å². The summed E-state index contributed by atoms with van der Waals surface area (Å²) in [6.07, 6.45) is 0. The van der Waals surface area contributed by atoms with Crippen molar-refractivity contribution < 1.29 is 0 Å². The van der Waals surface area contributed by atoms with Crippen LogP contribution in [0.1, 0.15) is 5.82 Å². The van der Waals surface area contributed by atoms with Crippen molar-refractivity contribution in [2.24, 2.45) is 5.73 Å². The van der Waals surface area contributed by atoms with Gasteiger partial charge in [-0.1, -0.05) is 23.7 Å². The highest BCUT2D eigenvalue weighted by Crippen LogP contribution is 2.21. The average molecular weight is 263 g/mol. The first-order valence-electron chi connectivity index (χ1n) is 5.74. The first kappa shape index (κ1) is 12.8. The second-order valence-corrected chi connectivity index (χ2v) is 4.34. The van der Waals surface area contributed by atoms with E-state index < -0.39 is 0 Å². The summed E-state index contributed by atoms with van der Waals surface area (Å²) in [5.41, 5.74) is 7.35. The van der Waals surface area contributed by atoms with Crippen molar-refractivity contribution in [2.45, 2.75) is 6.92 Å². The third-order valence-corrected chi connectivity index (χ3v) is 2.68. The number of anilines is 1. The van der Waals surface area contributed by atoms with E-state index in [2.05, 4.69) is 15.3 Å². The zero-order valence-electron chi connectivity index (χ0n) is 10.2. The minimum Gasteiger partial charge on any atom is -0.369 e. The summed E-state index contributed by atoms with van der Waals surface area (Å²) in [4.78, 5) is 8.73. The largest absolute Gasteiger partial charge is 0.369 e. The lowest BCUT2D eigenvalue weighted by molar-refractivity contribution is 0.987. The molecule has 1 aromatic carbocycles. The number of nitrogens with two attached hydrogens (primary N) is 1. The Hall–Kier alpha value is -1.65. The summed E-state index contributed by atoms with van der Waals surface area (Å²) < 4.78 is 0. The molecule has 2 rings (SSSR count). The summed E-state index contributed by atoms with van der Waals surface area (Å²) >= 11 is 5.87. The minimum absolute atomic E-state index is 0.569. The second-order valence-electron chi connectivity index (χ2n) is 3.91. The molecule has 1 heterocycles. The Bertz CT molecular complexity index is 525. The van der Waals surface area contributed by atoms with E-state index in [0.29, 0.717) is 18.1 Å². The van der Waals surface area contributed by atoms with Gasteiger partial charge in [-0.25, -0.2) is 9.97 Å². The third kappa shape index (κ3) is 3.18. The van der Waals surface area contributed by atoms with Gasteiger partial charge in [0.15, 0.2) is 0 Å². The highest BCUT2D eigenvalue weighted by molar-refractivity contribution is 6.30. The van der Waals surface area contributed by atoms with Gasteiger partial charge >= 0.3 is 0 Å². The Morgan fingerprint density at radius 3 is 2.61 bits per heavy atom. The molecule has 0 aliphatic heterocycles. The quantitative estimate of drug-likeness (QED) is 0.889. The molecule has 0 fully saturated rings. The Kier molecular flexibility index (Phi) is 4.12. The predicted octanol–water partition coefficient (Wildman–Crippen LogP) is 2.48. The lowest BCUT2D eigenvalue weighted by atomic mass is 10.1. The fourth-order valence-electron chi connectivity index (χ4n) is 1.63. The van der Waals surface area contributed by atoms with Crippen molar-refractivity contribution >= 4 is 17.4 Å². The summed E-state index contributed by atoms with van der Waals surface area (Å²) in [7, 11) is 0. The maximum atomic E-state index is 5.87. The van der Waals surface area contributed by atoms with Crippen molar-refractivity contribution in [3.05, 3.63) is 41.2 Å². The monoisotopic (exact) mass is 262 g/mol. The first-order valence-corrected chi connectivity index (χ1v) is 6.12. The molecule has 0 spiro atoms.